The van der Waals surface area contributed by atoms with E-state index in [1.54, 1.807) is 24.0 Å². The van der Waals surface area contributed by atoms with Gasteiger partial charge in [0.15, 0.2) is 5.76 Å². The fourth-order valence-electron chi connectivity index (χ4n) is 5.97. The van der Waals surface area contributed by atoms with Crippen molar-refractivity contribution in [3.05, 3.63) is 62.1 Å². The van der Waals surface area contributed by atoms with Crippen LogP contribution >= 0.6 is 0 Å². The van der Waals surface area contributed by atoms with E-state index in [9.17, 15) is 24.3 Å². The van der Waals surface area contributed by atoms with Crippen molar-refractivity contribution >= 4 is 11.8 Å². The average Bonchev–Trinajstić information content (AvgIpc) is 2.86. The first-order valence-electron chi connectivity index (χ1n) is 12.4. The van der Waals surface area contributed by atoms with Crippen LogP contribution in [-0.2, 0) is 26.3 Å². The quantitative estimate of drug-likeness (QED) is 0.630. The first-order chi connectivity index (χ1) is 17.3. The third kappa shape index (κ3) is 4.57. The number of rotatable bonds is 5. The fraction of sp³-hybridized carbons (Fsp3) is 0.538. The normalized spacial score (nSPS) is 22.5. The minimum absolute atomic E-state index is 0.00763. The molecule has 2 saturated heterocycles. The van der Waals surface area contributed by atoms with Crippen molar-refractivity contribution in [1.82, 2.24) is 14.8 Å². The van der Waals surface area contributed by atoms with Crippen molar-refractivity contribution in [2.24, 2.45) is 5.92 Å². The van der Waals surface area contributed by atoms with E-state index in [1.807, 2.05) is 10.6 Å². The Balaban J connectivity index is 1.25. The maximum Gasteiger partial charge on any atom is 0.250 e. The van der Waals surface area contributed by atoms with Crippen molar-refractivity contribution in [3.63, 3.8) is 0 Å². The SMILES string of the molecule is Cc1cc(=O)c(O)c(C2(CC(=O)NCC(=O)N3C[C@@H]4C[C@H](C3)c3cccc(=O)n3C4)CCOCC2)o1. The number of ether oxygens (including phenoxy) is 1. The lowest BCUT2D eigenvalue weighted by atomic mass is 9.74. The molecule has 3 aliphatic rings. The molecule has 2 bridgehead atoms. The molecule has 0 aliphatic carbocycles. The van der Waals surface area contributed by atoms with E-state index >= 15 is 0 Å². The Bertz CT molecular complexity index is 1290. The predicted molar refractivity (Wildman–Crippen MR) is 129 cm³/mol. The van der Waals surface area contributed by atoms with Crippen LogP contribution in [0.2, 0.25) is 0 Å². The summed E-state index contributed by atoms with van der Waals surface area (Å²) in [6.45, 7) is 3.87. The number of nitrogens with zero attached hydrogens (tertiary/aromatic N) is 2. The van der Waals surface area contributed by atoms with Crippen LogP contribution in [0.25, 0.3) is 0 Å². The summed E-state index contributed by atoms with van der Waals surface area (Å²) in [5, 5.41) is 13.2. The van der Waals surface area contributed by atoms with Crippen LogP contribution in [0, 0.1) is 12.8 Å². The third-order valence-corrected chi connectivity index (χ3v) is 7.75. The highest BCUT2D eigenvalue weighted by molar-refractivity contribution is 5.85. The van der Waals surface area contributed by atoms with E-state index in [0.717, 1.165) is 12.1 Å². The second-order valence-electron chi connectivity index (χ2n) is 10.2. The number of carbonyl (C=O) groups excluding carboxylic acids is 2. The Hall–Kier alpha value is -3.40. The molecule has 0 radical (unpaired) electrons. The number of hydrogen-bond acceptors (Lipinski definition) is 7. The van der Waals surface area contributed by atoms with E-state index < -0.39 is 16.6 Å². The highest BCUT2D eigenvalue weighted by Crippen LogP contribution is 2.41. The zero-order valence-corrected chi connectivity index (χ0v) is 20.3. The van der Waals surface area contributed by atoms with Crippen molar-refractivity contribution in [1.29, 1.82) is 0 Å². The Labute approximate surface area is 207 Å². The van der Waals surface area contributed by atoms with Gasteiger partial charge in [0.25, 0.3) is 5.56 Å². The van der Waals surface area contributed by atoms with Crippen molar-refractivity contribution in [2.75, 3.05) is 32.8 Å². The molecule has 0 saturated carbocycles. The Kier molecular flexibility index (Phi) is 6.46. The second-order valence-corrected chi connectivity index (χ2v) is 10.2. The Morgan fingerprint density at radius 1 is 1.17 bits per heavy atom. The lowest BCUT2D eigenvalue weighted by molar-refractivity contribution is -0.135. The van der Waals surface area contributed by atoms with Crippen molar-refractivity contribution in [2.45, 2.75) is 50.5 Å². The van der Waals surface area contributed by atoms with Gasteiger partial charge in [0, 0.05) is 68.4 Å². The van der Waals surface area contributed by atoms with Gasteiger partial charge < -0.3 is 29.0 Å². The number of aromatic hydroxyl groups is 1. The Morgan fingerprint density at radius 2 is 1.94 bits per heavy atom. The maximum absolute atomic E-state index is 13.0. The number of aryl methyl sites for hydroxylation is 1. The molecule has 2 N–H and O–H groups in total. The molecule has 192 valence electrons. The number of carbonyl (C=O) groups is 2. The molecule has 2 aromatic rings. The van der Waals surface area contributed by atoms with Gasteiger partial charge in [-0.15, -0.1) is 0 Å². The van der Waals surface area contributed by atoms with Crippen LogP contribution < -0.4 is 16.3 Å². The van der Waals surface area contributed by atoms with Gasteiger partial charge >= 0.3 is 0 Å². The smallest absolute Gasteiger partial charge is 0.250 e. The summed E-state index contributed by atoms with van der Waals surface area (Å²) in [7, 11) is 0. The number of piperidine rings is 1. The summed E-state index contributed by atoms with van der Waals surface area (Å²) < 4.78 is 13.0. The largest absolute Gasteiger partial charge is 0.502 e. The molecule has 5 rings (SSSR count). The van der Waals surface area contributed by atoms with Gasteiger partial charge in [-0.2, -0.15) is 0 Å². The number of aromatic nitrogens is 1. The zero-order valence-electron chi connectivity index (χ0n) is 20.3. The van der Waals surface area contributed by atoms with Gasteiger partial charge in [0.1, 0.15) is 5.76 Å². The molecule has 0 unspecified atom stereocenters. The van der Waals surface area contributed by atoms with Crippen LogP contribution in [0.3, 0.4) is 0 Å². The van der Waals surface area contributed by atoms with Crippen LogP contribution in [-0.4, -0.2) is 59.2 Å². The van der Waals surface area contributed by atoms with Crippen molar-refractivity contribution in [3.8, 4) is 5.75 Å². The third-order valence-electron chi connectivity index (χ3n) is 7.75. The van der Waals surface area contributed by atoms with Gasteiger partial charge in [-0.1, -0.05) is 6.07 Å². The second kappa shape index (κ2) is 9.57. The standard InChI is InChI=1S/C26H31N3O7/c1-16-9-20(30)24(34)25(36-16)26(5-7-35-8-6-26)11-21(31)27-12-23(33)28-13-17-10-18(15-28)19-3-2-4-22(32)29(19)14-17/h2-4,9,17-18,34H,5-8,10-15H2,1H3,(H,27,31)/t17-,18+/m0/s1. The first-order valence-corrected chi connectivity index (χ1v) is 12.4. The number of nitrogens with one attached hydrogen (secondary N) is 1. The van der Waals surface area contributed by atoms with Gasteiger partial charge in [-0.3, -0.25) is 19.2 Å². The van der Waals surface area contributed by atoms with Gasteiger partial charge in [-0.05, 0) is 38.2 Å². The van der Waals surface area contributed by atoms with Crippen LogP contribution in [0.5, 0.6) is 5.75 Å². The van der Waals surface area contributed by atoms with E-state index in [1.165, 1.54) is 6.07 Å². The van der Waals surface area contributed by atoms with E-state index in [-0.39, 0.29) is 47.9 Å². The first kappa shape index (κ1) is 24.3. The molecule has 36 heavy (non-hydrogen) atoms. The van der Waals surface area contributed by atoms with Gasteiger partial charge in [-0.25, -0.2) is 0 Å². The fourth-order valence-corrected chi connectivity index (χ4v) is 5.97. The molecular formula is C26H31N3O7. The summed E-state index contributed by atoms with van der Waals surface area (Å²) in [5.41, 5.74) is -0.484. The average molecular weight is 498 g/mol. The molecule has 2 amide bonds. The minimum atomic E-state index is -0.889. The number of fused-ring (bicyclic) bond motifs is 4. The molecule has 0 aromatic carbocycles. The van der Waals surface area contributed by atoms with E-state index in [4.69, 9.17) is 9.15 Å². The van der Waals surface area contributed by atoms with E-state index in [0.29, 0.717) is 51.4 Å². The van der Waals surface area contributed by atoms with Crippen molar-refractivity contribution < 1.29 is 23.8 Å². The molecule has 2 fully saturated rings. The van der Waals surface area contributed by atoms with Crippen LogP contribution in [0.1, 0.15) is 48.8 Å². The molecule has 0 spiro atoms. The maximum atomic E-state index is 13.0. The lowest BCUT2D eigenvalue weighted by Gasteiger charge is -2.42. The van der Waals surface area contributed by atoms with Gasteiger partial charge in [0.05, 0.1) is 6.54 Å². The molecule has 10 nitrogen and oxygen atoms in total. The molecule has 5 heterocycles. The molecule has 2 aromatic heterocycles. The number of pyridine rings is 1. The molecular weight excluding hydrogens is 466 g/mol. The minimum Gasteiger partial charge on any atom is -0.502 e. The van der Waals surface area contributed by atoms with Gasteiger partial charge in [0.2, 0.25) is 23.0 Å². The van der Waals surface area contributed by atoms with E-state index in [2.05, 4.69) is 5.32 Å². The summed E-state index contributed by atoms with van der Waals surface area (Å²) >= 11 is 0. The highest BCUT2D eigenvalue weighted by Gasteiger charge is 2.42. The summed E-state index contributed by atoms with van der Waals surface area (Å²) in [5.74, 6) is -0.245. The van der Waals surface area contributed by atoms with Crippen LogP contribution in [0.15, 0.2) is 38.3 Å². The number of amides is 2. The van der Waals surface area contributed by atoms with Crippen LogP contribution in [0.4, 0.5) is 0 Å². The summed E-state index contributed by atoms with van der Waals surface area (Å²) in [6, 6.07) is 6.49. The molecule has 3 aliphatic heterocycles. The Morgan fingerprint density at radius 3 is 2.72 bits per heavy atom. The molecule has 2 atom stereocenters. The summed E-state index contributed by atoms with van der Waals surface area (Å²) in [6.07, 6.45) is 1.71. The monoisotopic (exact) mass is 497 g/mol. The lowest BCUT2D eigenvalue weighted by Crippen LogP contribution is -2.51. The number of likely N-dealkylation sites (tertiary alicyclic amines) is 1. The highest BCUT2D eigenvalue weighted by atomic mass is 16.5. The zero-order chi connectivity index (χ0) is 25.4. The summed E-state index contributed by atoms with van der Waals surface area (Å²) in [4.78, 5) is 52.2. The number of hydrogen-bond donors (Lipinski definition) is 2. The topological polar surface area (TPSA) is 131 Å². The molecule has 10 heteroatoms. The predicted octanol–water partition coefficient (Wildman–Crippen LogP) is 1.02.